The molecule has 1 aliphatic rings. The summed E-state index contributed by atoms with van der Waals surface area (Å²) in [6.45, 7) is 14.8. The van der Waals surface area contributed by atoms with Crippen LogP contribution in [0.15, 0.2) is 18.2 Å². The lowest BCUT2D eigenvalue weighted by atomic mass is 10.0. The van der Waals surface area contributed by atoms with Crippen molar-refractivity contribution in [2.45, 2.75) is 47.3 Å². The molecule has 1 aliphatic heterocycles. The smallest absolute Gasteiger partial charge is 0.0234 e. The van der Waals surface area contributed by atoms with Gasteiger partial charge in [-0.05, 0) is 28.5 Å². The molecule has 0 fully saturated rings. The van der Waals surface area contributed by atoms with Gasteiger partial charge >= 0.3 is 0 Å². The normalized spacial score (nSPS) is 14.7. The highest BCUT2D eigenvalue weighted by Gasteiger charge is 2.13. The number of fused-ring (bicyclic) bond motifs is 1. The van der Waals surface area contributed by atoms with Crippen molar-refractivity contribution in [1.29, 1.82) is 0 Å². The van der Waals surface area contributed by atoms with Crippen LogP contribution < -0.4 is 5.32 Å². The predicted octanol–water partition coefficient (Wildman–Crippen LogP) is 3.40. The number of hydrogen-bond donors (Lipinski definition) is 1. The van der Waals surface area contributed by atoms with Gasteiger partial charge in [0.1, 0.15) is 0 Å². The van der Waals surface area contributed by atoms with Crippen molar-refractivity contribution in [3.05, 3.63) is 34.9 Å². The van der Waals surface area contributed by atoms with Gasteiger partial charge in [0.15, 0.2) is 0 Å². The summed E-state index contributed by atoms with van der Waals surface area (Å²) in [5.74, 6) is 1.46. The van der Waals surface area contributed by atoms with Crippen molar-refractivity contribution in [2.75, 3.05) is 13.1 Å². The molecule has 0 saturated heterocycles. The zero-order valence-electron chi connectivity index (χ0n) is 12.9. The zero-order valence-corrected chi connectivity index (χ0v) is 12.9. The highest BCUT2D eigenvalue weighted by Crippen LogP contribution is 2.19. The van der Waals surface area contributed by atoms with Crippen molar-refractivity contribution in [2.24, 2.45) is 11.8 Å². The number of nitrogens with zero attached hydrogens (tertiary/aromatic N) is 1. The predicted molar refractivity (Wildman–Crippen MR) is 81.9 cm³/mol. The van der Waals surface area contributed by atoms with E-state index in [1.165, 1.54) is 29.8 Å². The van der Waals surface area contributed by atoms with E-state index in [4.69, 9.17) is 0 Å². The van der Waals surface area contributed by atoms with E-state index in [2.05, 4.69) is 56.1 Å². The van der Waals surface area contributed by atoms with Gasteiger partial charge in [-0.3, -0.25) is 4.90 Å². The lowest BCUT2D eigenvalue weighted by Crippen LogP contribution is -2.30. The fraction of sp³-hybridized carbons (Fsp3) is 0.647. The molecule has 0 aromatic heterocycles. The third kappa shape index (κ3) is 4.32. The van der Waals surface area contributed by atoms with E-state index in [0.29, 0.717) is 0 Å². The molecule has 2 heteroatoms. The topological polar surface area (TPSA) is 15.3 Å². The highest BCUT2D eigenvalue weighted by molar-refractivity contribution is 5.34. The van der Waals surface area contributed by atoms with Gasteiger partial charge in [-0.1, -0.05) is 45.9 Å². The Kier molecular flexibility index (Phi) is 5.00. The molecule has 0 amide bonds. The van der Waals surface area contributed by atoms with Crippen molar-refractivity contribution >= 4 is 0 Å². The molecule has 2 rings (SSSR count). The Morgan fingerprint density at radius 2 is 1.63 bits per heavy atom. The monoisotopic (exact) mass is 260 g/mol. The molecule has 1 heterocycles. The minimum atomic E-state index is 0.731. The van der Waals surface area contributed by atoms with Gasteiger partial charge in [0, 0.05) is 32.7 Å². The van der Waals surface area contributed by atoms with E-state index in [-0.39, 0.29) is 0 Å². The van der Waals surface area contributed by atoms with Crippen molar-refractivity contribution in [1.82, 2.24) is 10.2 Å². The van der Waals surface area contributed by atoms with E-state index in [1.807, 2.05) is 0 Å². The van der Waals surface area contributed by atoms with E-state index < -0.39 is 0 Å². The fourth-order valence-electron chi connectivity index (χ4n) is 2.94. The third-order valence-corrected chi connectivity index (χ3v) is 3.55. The lowest BCUT2D eigenvalue weighted by molar-refractivity contribution is 0.211. The molecular weight excluding hydrogens is 232 g/mol. The minimum absolute atomic E-state index is 0.731. The van der Waals surface area contributed by atoms with Gasteiger partial charge in [0.25, 0.3) is 0 Å². The average molecular weight is 260 g/mol. The molecule has 0 saturated carbocycles. The molecule has 19 heavy (non-hydrogen) atoms. The molecule has 0 radical (unpaired) electrons. The van der Waals surface area contributed by atoms with Crippen molar-refractivity contribution < 1.29 is 0 Å². The maximum Gasteiger partial charge on any atom is 0.0234 e. The van der Waals surface area contributed by atoms with E-state index in [0.717, 1.165) is 31.5 Å². The van der Waals surface area contributed by atoms with Crippen LogP contribution in [0.1, 0.15) is 44.4 Å². The molecule has 0 spiro atoms. The molecule has 2 nitrogen and oxygen atoms in total. The van der Waals surface area contributed by atoms with Crippen LogP contribution in [-0.4, -0.2) is 18.0 Å². The van der Waals surface area contributed by atoms with Gasteiger partial charge in [-0.15, -0.1) is 0 Å². The summed E-state index contributed by atoms with van der Waals surface area (Å²) >= 11 is 0. The number of benzene rings is 1. The van der Waals surface area contributed by atoms with Gasteiger partial charge < -0.3 is 5.32 Å². The van der Waals surface area contributed by atoms with Crippen LogP contribution in [-0.2, 0) is 19.6 Å². The molecule has 0 atom stereocenters. The number of hydrogen-bond acceptors (Lipinski definition) is 2. The first-order valence-electron chi connectivity index (χ1n) is 7.58. The summed E-state index contributed by atoms with van der Waals surface area (Å²) in [6, 6.07) is 7.00. The summed E-state index contributed by atoms with van der Waals surface area (Å²) in [5, 5.41) is 3.42. The SMILES string of the molecule is CC(C)CN(Cc1ccc2c(c1)CNC2)CC(C)C. The number of rotatable bonds is 6. The molecule has 1 aromatic carbocycles. The van der Waals surface area contributed by atoms with Crippen LogP contribution in [0.4, 0.5) is 0 Å². The highest BCUT2D eigenvalue weighted by atomic mass is 15.1. The van der Waals surface area contributed by atoms with Gasteiger partial charge in [0.05, 0.1) is 0 Å². The molecule has 0 aliphatic carbocycles. The molecule has 0 unspecified atom stereocenters. The third-order valence-electron chi connectivity index (χ3n) is 3.55. The molecule has 0 bridgehead atoms. The Labute approximate surface area is 118 Å². The Bertz CT molecular complexity index is 400. The quantitative estimate of drug-likeness (QED) is 0.843. The van der Waals surface area contributed by atoms with Crippen LogP contribution in [0, 0.1) is 11.8 Å². The largest absolute Gasteiger partial charge is 0.309 e. The van der Waals surface area contributed by atoms with Gasteiger partial charge in [0.2, 0.25) is 0 Å². The summed E-state index contributed by atoms with van der Waals surface area (Å²) in [4.78, 5) is 2.60. The number of nitrogens with one attached hydrogen (secondary N) is 1. The van der Waals surface area contributed by atoms with E-state index in [1.54, 1.807) is 0 Å². The van der Waals surface area contributed by atoms with Crippen LogP contribution in [0.2, 0.25) is 0 Å². The molecule has 106 valence electrons. The Morgan fingerprint density at radius 1 is 1.00 bits per heavy atom. The first kappa shape index (κ1) is 14.5. The van der Waals surface area contributed by atoms with Crippen LogP contribution in [0.5, 0.6) is 0 Å². The van der Waals surface area contributed by atoms with E-state index >= 15 is 0 Å². The van der Waals surface area contributed by atoms with Crippen molar-refractivity contribution in [3.8, 4) is 0 Å². The second-order valence-electron chi connectivity index (χ2n) is 6.69. The zero-order chi connectivity index (χ0) is 13.8. The van der Waals surface area contributed by atoms with Crippen LogP contribution >= 0.6 is 0 Å². The summed E-state index contributed by atoms with van der Waals surface area (Å²) in [5.41, 5.74) is 4.43. The second kappa shape index (κ2) is 6.53. The van der Waals surface area contributed by atoms with Crippen LogP contribution in [0.25, 0.3) is 0 Å². The maximum absolute atomic E-state index is 3.42. The Hall–Kier alpha value is -0.860. The van der Waals surface area contributed by atoms with E-state index in [9.17, 15) is 0 Å². The maximum atomic E-state index is 3.42. The Balaban J connectivity index is 2.03. The average Bonchev–Trinajstić information content (AvgIpc) is 2.74. The molecular formula is C17H28N2. The summed E-state index contributed by atoms with van der Waals surface area (Å²) < 4.78 is 0. The van der Waals surface area contributed by atoms with Crippen LogP contribution in [0.3, 0.4) is 0 Å². The minimum Gasteiger partial charge on any atom is -0.309 e. The summed E-state index contributed by atoms with van der Waals surface area (Å²) in [7, 11) is 0. The standard InChI is InChI=1S/C17H28N2/c1-13(2)10-19(11-14(3)4)12-15-5-6-16-8-18-9-17(16)7-15/h5-7,13-14,18H,8-12H2,1-4H3. The lowest BCUT2D eigenvalue weighted by Gasteiger charge is -2.26. The van der Waals surface area contributed by atoms with Crippen molar-refractivity contribution in [3.63, 3.8) is 0 Å². The first-order chi connectivity index (χ1) is 9.04. The first-order valence-corrected chi connectivity index (χ1v) is 7.58. The summed E-state index contributed by atoms with van der Waals surface area (Å²) in [6.07, 6.45) is 0. The van der Waals surface area contributed by atoms with Gasteiger partial charge in [-0.2, -0.15) is 0 Å². The molecule has 1 aromatic rings. The Morgan fingerprint density at radius 3 is 2.26 bits per heavy atom. The molecule has 1 N–H and O–H groups in total. The second-order valence-corrected chi connectivity index (χ2v) is 6.69. The fourth-order valence-corrected chi connectivity index (χ4v) is 2.94. The van der Waals surface area contributed by atoms with Gasteiger partial charge in [-0.25, -0.2) is 0 Å².